The first-order chi connectivity index (χ1) is 6.38. The van der Waals surface area contributed by atoms with E-state index in [-0.39, 0.29) is 17.0 Å². The van der Waals surface area contributed by atoms with Crippen molar-refractivity contribution in [2.45, 2.75) is 26.2 Å². The summed E-state index contributed by atoms with van der Waals surface area (Å²) in [6.45, 7) is 5.76. The summed E-state index contributed by atoms with van der Waals surface area (Å²) in [5, 5.41) is 3.58. The van der Waals surface area contributed by atoms with Crippen molar-refractivity contribution in [1.29, 1.82) is 0 Å². The molecule has 1 heterocycles. The third-order valence-corrected chi connectivity index (χ3v) is 1.85. The summed E-state index contributed by atoms with van der Waals surface area (Å²) in [5.74, 6) is -0.367. The van der Waals surface area contributed by atoms with Crippen molar-refractivity contribution in [3.05, 3.63) is 11.3 Å². The zero-order valence-electron chi connectivity index (χ0n) is 8.75. The predicted octanol–water partition coefficient (Wildman–Crippen LogP) is 1.34. The number of ether oxygens (including phenoxy) is 1. The van der Waals surface area contributed by atoms with Crippen LogP contribution in [0.2, 0.25) is 0 Å². The maximum Gasteiger partial charge on any atom is 0.360 e. The van der Waals surface area contributed by atoms with E-state index < -0.39 is 5.97 Å². The topological polar surface area (TPSA) is 78.3 Å². The summed E-state index contributed by atoms with van der Waals surface area (Å²) in [4.78, 5) is 11.3. The molecule has 0 aliphatic carbocycles. The van der Waals surface area contributed by atoms with Gasteiger partial charge in [0.25, 0.3) is 0 Å². The van der Waals surface area contributed by atoms with Gasteiger partial charge in [0.15, 0.2) is 5.69 Å². The lowest BCUT2D eigenvalue weighted by Crippen LogP contribution is -2.18. The van der Waals surface area contributed by atoms with Gasteiger partial charge in [0, 0.05) is 0 Å². The van der Waals surface area contributed by atoms with Crippen molar-refractivity contribution in [3.8, 4) is 0 Å². The van der Waals surface area contributed by atoms with E-state index in [1.165, 1.54) is 7.11 Å². The summed E-state index contributed by atoms with van der Waals surface area (Å²) in [7, 11) is 1.29. The fourth-order valence-corrected chi connectivity index (χ4v) is 1.26. The number of carbonyl (C=O) groups excluding carboxylic acids is 1. The number of rotatable bonds is 1. The molecule has 0 unspecified atom stereocenters. The minimum atomic E-state index is -0.532. The van der Waals surface area contributed by atoms with E-state index in [1.54, 1.807) is 0 Å². The van der Waals surface area contributed by atoms with Crippen LogP contribution in [-0.2, 0) is 10.2 Å². The Morgan fingerprint density at radius 1 is 1.50 bits per heavy atom. The molecule has 0 spiro atoms. The zero-order chi connectivity index (χ0) is 10.9. The summed E-state index contributed by atoms with van der Waals surface area (Å²) in [6, 6.07) is 0. The van der Waals surface area contributed by atoms with Gasteiger partial charge in [-0.05, 0) is 5.41 Å². The molecule has 0 saturated heterocycles. The standard InChI is InChI=1S/C9H14N2O3/c1-9(2,3)5-6(8(12)13-4)11-14-7(5)10/h10H2,1-4H3. The Bertz CT molecular complexity index is 349. The highest BCUT2D eigenvalue weighted by Gasteiger charge is 2.30. The smallest absolute Gasteiger partial charge is 0.360 e. The first kappa shape index (κ1) is 10.6. The Kier molecular flexibility index (Phi) is 2.51. The van der Waals surface area contributed by atoms with Gasteiger partial charge >= 0.3 is 5.97 Å². The molecule has 0 atom stereocenters. The van der Waals surface area contributed by atoms with Crippen molar-refractivity contribution >= 4 is 11.9 Å². The number of carbonyl (C=O) groups is 1. The lowest BCUT2D eigenvalue weighted by Gasteiger charge is -2.17. The van der Waals surface area contributed by atoms with Gasteiger partial charge < -0.3 is 15.0 Å². The first-order valence-corrected chi connectivity index (χ1v) is 4.22. The lowest BCUT2D eigenvalue weighted by atomic mass is 9.86. The molecule has 2 N–H and O–H groups in total. The number of nitrogen functional groups attached to an aromatic ring is 1. The summed E-state index contributed by atoms with van der Waals surface area (Å²) >= 11 is 0. The summed E-state index contributed by atoms with van der Waals surface area (Å²) in [6.07, 6.45) is 0. The van der Waals surface area contributed by atoms with Gasteiger partial charge in [-0.3, -0.25) is 0 Å². The molecule has 0 aliphatic rings. The molecule has 0 fully saturated rings. The van der Waals surface area contributed by atoms with Crippen molar-refractivity contribution in [1.82, 2.24) is 5.16 Å². The molecule has 78 valence electrons. The maximum absolute atomic E-state index is 11.3. The number of esters is 1. The highest BCUT2D eigenvalue weighted by atomic mass is 16.5. The molecule has 1 aromatic heterocycles. The van der Waals surface area contributed by atoms with Gasteiger partial charge in [-0.15, -0.1) is 0 Å². The molecular formula is C9H14N2O3. The first-order valence-electron chi connectivity index (χ1n) is 4.22. The van der Waals surface area contributed by atoms with E-state index >= 15 is 0 Å². The van der Waals surface area contributed by atoms with Crippen molar-refractivity contribution in [3.63, 3.8) is 0 Å². The molecular weight excluding hydrogens is 184 g/mol. The van der Waals surface area contributed by atoms with Gasteiger partial charge in [0.05, 0.1) is 12.7 Å². The van der Waals surface area contributed by atoms with Gasteiger partial charge in [-0.1, -0.05) is 25.9 Å². The Morgan fingerprint density at radius 2 is 2.07 bits per heavy atom. The van der Waals surface area contributed by atoms with Gasteiger partial charge in [-0.2, -0.15) is 0 Å². The van der Waals surface area contributed by atoms with E-state index in [0.29, 0.717) is 5.56 Å². The van der Waals surface area contributed by atoms with Crippen LogP contribution < -0.4 is 5.73 Å². The fourth-order valence-electron chi connectivity index (χ4n) is 1.26. The van der Waals surface area contributed by atoms with E-state index in [2.05, 4.69) is 9.89 Å². The Balaban J connectivity index is 3.27. The summed E-state index contributed by atoms with van der Waals surface area (Å²) in [5.41, 5.74) is 6.02. The molecule has 14 heavy (non-hydrogen) atoms. The highest BCUT2D eigenvalue weighted by molar-refractivity contribution is 5.90. The molecule has 0 radical (unpaired) electrons. The van der Waals surface area contributed by atoms with Crippen molar-refractivity contribution in [2.75, 3.05) is 12.8 Å². The van der Waals surface area contributed by atoms with Gasteiger partial charge in [0.2, 0.25) is 5.88 Å². The van der Waals surface area contributed by atoms with Crippen LogP contribution in [0.15, 0.2) is 4.52 Å². The SMILES string of the molecule is COC(=O)c1noc(N)c1C(C)(C)C. The number of hydrogen-bond acceptors (Lipinski definition) is 5. The second-order valence-corrected chi connectivity index (χ2v) is 4.01. The van der Waals surface area contributed by atoms with Crippen LogP contribution in [0, 0.1) is 0 Å². The molecule has 0 aliphatic heterocycles. The van der Waals surface area contributed by atoms with Crippen LogP contribution in [0.4, 0.5) is 5.88 Å². The third kappa shape index (κ3) is 1.71. The number of aromatic nitrogens is 1. The van der Waals surface area contributed by atoms with Crippen LogP contribution in [0.5, 0.6) is 0 Å². The predicted molar refractivity (Wildman–Crippen MR) is 51.0 cm³/mol. The van der Waals surface area contributed by atoms with Crippen LogP contribution in [-0.4, -0.2) is 18.2 Å². The Hall–Kier alpha value is -1.52. The Morgan fingerprint density at radius 3 is 2.50 bits per heavy atom. The number of methoxy groups -OCH3 is 1. The van der Waals surface area contributed by atoms with E-state index in [4.69, 9.17) is 10.3 Å². The number of hydrogen-bond donors (Lipinski definition) is 1. The second-order valence-electron chi connectivity index (χ2n) is 4.01. The van der Waals surface area contributed by atoms with Crippen LogP contribution >= 0.6 is 0 Å². The van der Waals surface area contributed by atoms with Crippen LogP contribution in [0.1, 0.15) is 36.8 Å². The van der Waals surface area contributed by atoms with Crippen LogP contribution in [0.3, 0.4) is 0 Å². The largest absolute Gasteiger partial charge is 0.464 e. The average Bonchev–Trinajstić information content (AvgIpc) is 2.44. The molecule has 5 nitrogen and oxygen atoms in total. The Labute approximate surface area is 82.2 Å². The second kappa shape index (κ2) is 3.32. The lowest BCUT2D eigenvalue weighted by molar-refractivity contribution is 0.0587. The van der Waals surface area contributed by atoms with E-state index in [9.17, 15) is 4.79 Å². The highest BCUT2D eigenvalue weighted by Crippen LogP contribution is 2.31. The molecule has 0 amide bonds. The van der Waals surface area contributed by atoms with Gasteiger partial charge in [0.1, 0.15) is 0 Å². The summed E-state index contributed by atoms with van der Waals surface area (Å²) < 4.78 is 9.34. The minimum Gasteiger partial charge on any atom is -0.464 e. The maximum atomic E-state index is 11.3. The number of anilines is 1. The monoisotopic (exact) mass is 198 g/mol. The molecule has 0 saturated carbocycles. The van der Waals surface area contributed by atoms with Crippen molar-refractivity contribution in [2.24, 2.45) is 0 Å². The van der Waals surface area contributed by atoms with Crippen LogP contribution in [0.25, 0.3) is 0 Å². The average molecular weight is 198 g/mol. The number of nitrogens with two attached hydrogens (primary N) is 1. The fraction of sp³-hybridized carbons (Fsp3) is 0.556. The molecule has 0 aromatic carbocycles. The molecule has 5 heteroatoms. The molecule has 1 rings (SSSR count). The van der Waals surface area contributed by atoms with Crippen molar-refractivity contribution < 1.29 is 14.1 Å². The molecule has 0 bridgehead atoms. The number of nitrogens with zero attached hydrogens (tertiary/aromatic N) is 1. The minimum absolute atomic E-state index is 0.150. The third-order valence-electron chi connectivity index (χ3n) is 1.85. The van der Waals surface area contributed by atoms with E-state index in [0.717, 1.165) is 0 Å². The van der Waals surface area contributed by atoms with E-state index in [1.807, 2.05) is 20.8 Å². The normalized spacial score (nSPS) is 11.4. The van der Waals surface area contributed by atoms with Gasteiger partial charge in [-0.25, -0.2) is 4.79 Å². The zero-order valence-corrected chi connectivity index (χ0v) is 8.75. The molecule has 1 aromatic rings. The quantitative estimate of drug-likeness (QED) is 0.689.